The van der Waals surface area contributed by atoms with Crippen LogP contribution in [0.25, 0.3) is 10.9 Å². The number of nitrogens with one attached hydrogen (secondary N) is 1. The number of aromatic nitrogens is 2. The van der Waals surface area contributed by atoms with Gasteiger partial charge in [0.15, 0.2) is 0 Å². The minimum Gasteiger partial charge on any atom is -0.460 e. The van der Waals surface area contributed by atoms with Gasteiger partial charge in [-0.15, -0.1) is 0 Å². The number of aliphatic hydroxyl groups excluding tert-OH is 1. The molecule has 1 unspecified atom stereocenters. The fourth-order valence-corrected chi connectivity index (χ4v) is 6.16. The molecular weight excluding hydrogens is 623 g/mol. The summed E-state index contributed by atoms with van der Waals surface area (Å²) in [6.45, 7) is 9.08. The van der Waals surface area contributed by atoms with Crippen molar-refractivity contribution in [1.82, 2.24) is 19.8 Å². The third-order valence-corrected chi connectivity index (χ3v) is 8.51. The number of cyclic esters (lactones) is 1. The lowest BCUT2D eigenvalue weighted by molar-refractivity contribution is -0.146. The summed E-state index contributed by atoms with van der Waals surface area (Å²) in [5.41, 5.74) is 2.35. The molecule has 1 aromatic carbocycles. The van der Waals surface area contributed by atoms with Crippen LogP contribution in [0.2, 0.25) is 0 Å². The van der Waals surface area contributed by atoms with Crippen molar-refractivity contribution in [1.29, 1.82) is 0 Å². The number of pyridine rings is 2. The smallest absolute Gasteiger partial charge is 0.407 e. The zero-order chi connectivity index (χ0) is 31.1. The highest BCUT2D eigenvalue weighted by molar-refractivity contribution is 9.10. The van der Waals surface area contributed by atoms with E-state index in [1.54, 1.807) is 25.3 Å². The van der Waals surface area contributed by atoms with Crippen molar-refractivity contribution in [2.45, 2.75) is 84.4 Å². The lowest BCUT2D eigenvalue weighted by atomic mass is 9.98. The fourth-order valence-electron chi connectivity index (χ4n) is 5.61. The van der Waals surface area contributed by atoms with E-state index < -0.39 is 23.8 Å². The Balaban J connectivity index is 1.45. The van der Waals surface area contributed by atoms with Crippen LogP contribution in [-0.4, -0.2) is 56.4 Å². The highest BCUT2D eigenvalue weighted by atomic mass is 79.9. The first-order valence-corrected chi connectivity index (χ1v) is 15.1. The summed E-state index contributed by atoms with van der Waals surface area (Å²) in [4.78, 5) is 44.6. The maximum absolute atomic E-state index is 14.6. The number of halogens is 2. The summed E-state index contributed by atoms with van der Waals surface area (Å²) in [5.74, 6) is -0.916. The number of amides is 1. The largest absolute Gasteiger partial charge is 0.460 e. The van der Waals surface area contributed by atoms with Crippen LogP contribution in [0, 0.1) is 12.7 Å². The van der Waals surface area contributed by atoms with Gasteiger partial charge in [0.1, 0.15) is 22.6 Å². The van der Waals surface area contributed by atoms with Crippen molar-refractivity contribution in [3.05, 3.63) is 73.0 Å². The number of alkyl carbamates (subject to hydrolysis) is 1. The molecule has 10 nitrogen and oxygen atoms in total. The summed E-state index contributed by atoms with van der Waals surface area (Å²) in [5, 5.41) is 14.2. The third-order valence-electron chi connectivity index (χ3n) is 7.85. The van der Waals surface area contributed by atoms with E-state index in [1.807, 2.05) is 20.8 Å². The van der Waals surface area contributed by atoms with E-state index in [2.05, 4.69) is 31.1 Å². The fraction of sp³-hybridized carbons (Fsp3) is 0.484. The van der Waals surface area contributed by atoms with E-state index in [1.165, 1.54) is 10.6 Å². The zero-order valence-electron chi connectivity index (χ0n) is 24.7. The van der Waals surface area contributed by atoms with Crippen molar-refractivity contribution >= 4 is 38.9 Å². The van der Waals surface area contributed by atoms with Crippen molar-refractivity contribution in [3.63, 3.8) is 0 Å². The Hall–Kier alpha value is -3.35. The maximum Gasteiger partial charge on any atom is 0.407 e. The second-order valence-corrected chi connectivity index (χ2v) is 13.0. The van der Waals surface area contributed by atoms with Gasteiger partial charge in [0, 0.05) is 48.9 Å². The third kappa shape index (κ3) is 7.08. The standard InChI is InChI=1S/C31H36BrFN4O6/c1-17-11-20-21(14-36-8-5-18(6-9-36)34-30(41)43-31(2,3)4)22(28(32)35-25(20)12-24(17)33)15-37-10-7-19-23(29(37)40)16-42-27(39)13-26(19)38/h7,10-12,18,26,38H,5-6,8-9,13-16H2,1-4H3,(H,34,41). The molecule has 0 saturated carbocycles. The van der Waals surface area contributed by atoms with Crippen molar-refractivity contribution < 1.29 is 28.6 Å². The first-order chi connectivity index (χ1) is 20.3. The molecular formula is C31H36BrFN4O6. The Morgan fingerprint density at radius 2 is 1.93 bits per heavy atom. The summed E-state index contributed by atoms with van der Waals surface area (Å²) >= 11 is 3.59. The Bertz CT molecular complexity index is 1630. The zero-order valence-corrected chi connectivity index (χ0v) is 26.3. The Morgan fingerprint density at radius 3 is 2.63 bits per heavy atom. The van der Waals surface area contributed by atoms with E-state index in [-0.39, 0.29) is 42.6 Å². The van der Waals surface area contributed by atoms with Gasteiger partial charge in [0.2, 0.25) is 0 Å². The predicted octanol–water partition coefficient (Wildman–Crippen LogP) is 4.62. The molecule has 230 valence electrons. The number of benzene rings is 1. The first-order valence-electron chi connectivity index (χ1n) is 14.3. The Labute approximate surface area is 257 Å². The molecule has 0 aliphatic carbocycles. The number of likely N-dealkylation sites (tertiary alicyclic amines) is 1. The van der Waals surface area contributed by atoms with Gasteiger partial charge in [0.05, 0.1) is 30.1 Å². The summed E-state index contributed by atoms with van der Waals surface area (Å²) in [7, 11) is 0. The molecule has 2 aliphatic rings. The number of carbonyl (C=O) groups is 2. The molecule has 43 heavy (non-hydrogen) atoms. The Kier molecular flexibility index (Phi) is 8.92. The number of ether oxygens (including phenoxy) is 2. The predicted molar refractivity (Wildman–Crippen MR) is 161 cm³/mol. The number of carbonyl (C=O) groups excluding carboxylic acids is 2. The summed E-state index contributed by atoms with van der Waals surface area (Å²) in [6, 6.07) is 4.85. The molecule has 1 amide bonds. The van der Waals surface area contributed by atoms with Gasteiger partial charge < -0.3 is 24.5 Å². The molecule has 12 heteroatoms. The number of aryl methyl sites for hydroxylation is 1. The summed E-state index contributed by atoms with van der Waals surface area (Å²) in [6.07, 6.45) is 1.33. The summed E-state index contributed by atoms with van der Waals surface area (Å²) < 4.78 is 27.1. The average Bonchev–Trinajstić information content (AvgIpc) is 3.06. The molecule has 2 N–H and O–H groups in total. The molecule has 4 heterocycles. The van der Waals surface area contributed by atoms with Gasteiger partial charge in [-0.3, -0.25) is 14.5 Å². The number of nitrogens with zero attached hydrogens (tertiary/aromatic N) is 3. The highest BCUT2D eigenvalue weighted by Gasteiger charge is 2.28. The van der Waals surface area contributed by atoms with Crippen molar-refractivity contribution in [2.24, 2.45) is 0 Å². The minimum absolute atomic E-state index is 0.00886. The number of fused-ring (bicyclic) bond motifs is 2. The van der Waals surface area contributed by atoms with Gasteiger partial charge in [-0.1, -0.05) is 0 Å². The van der Waals surface area contributed by atoms with Crippen molar-refractivity contribution in [3.8, 4) is 0 Å². The van der Waals surface area contributed by atoms with Crippen LogP contribution >= 0.6 is 15.9 Å². The van der Waals surface area contributed by atoms with Crippen LogP contribution in [0.5, 0.6) is 0 Å². The molecule has 2 aliphatic heterocycles. The quantitative estimate of drug-likeness (QED) is 0.301. The normalized spacial score (nSPS) is 18.2. The molecule has 3 aromatic rings. The first kappa shape index (κ1) is 31.1. The number of aliphatic hydroxyl groups is 1. The number of hydrogen-bond acceptors (Lipinski definition) is 8. The van der Waals surface area contributed by atoms with Crippen LogP contribution in [0.3, 0.4) is 0 Å². The molecule has 0 radical (unpaired) electrons. The number of hydrogen-bond donors (Lipinski definition) is 2. The molecule has 0 spiro atoms. The van der Waals surface area contributed by atoms with Crippen LogP contribution in [0.4, 0.5) is 9.18 Å². The van der Waals surface area contributed by atoms with Crippen molar-refractivity contribution in [2.75, 3.05) is 13.1 Å². The molecule has 5 rings (SSSR count). The van der Waals surface area contributed by atoms with Gasteiger partial charge in [0.25, 0.3) is 5.56 Å². The molecule has 2 aromatic heterocycles. The number of piperidine rings is 1. The minimum atomic E-state index is -1.11. The second-order valence-electron chi connectivity index (χ2n) is 12.2. The molecule has 1 atom stereocenters. The topological polar surface area (TPSA) is 123 Å². The van der Waals surface area contributed by atoms with Gasteiger partial charge in [-0.2, -0.15) is 0 Å². The van der Waals surface area contributed by atoms with E-state index in [9.17, 15) is 23.9 Å². The maximum atomic E-state index is 14.6. The number of esters is 1. The van der Waals surface area contributed by atoms with Gasteiger partial charge >= 0.3 is 12.1 Å². The monoisotopic (exact) mass is 658 g/mol. The van der Waals surface area contributed by atoms with E-state index in [4.69, 9.17) is 9.47 Å². The van der Waals surface area contributed by atoms with Crippen LogP contribution in [0.15, 0.2) is 33.8 Å². The Morgan fingerprint density at radius 1 is 1.21 bits per heavy atom. The lowest BCUT2D eigenvalue weighted by Gasteiger charge is -2.33. The van der Waals surface area contributed by atoms with Crippen LogP contribution in [-0.2, 0) is 34.0 Å². The highest BCUT2D eigenvalue weighted by Crippen LogP contribution is 2.32. The van der Waals surface area contributed by atoms with Crippen LogP contribution < -0.4 is 10.9 Å². The molecule has 1 fully saturated rings. The second kappa shape index (κ2) is 12.3. The average molecular weight is 660 g/mol. The van der Waals surface area contributed by atoms with E-state index in [0.717, 1.165) is 29.4 Å². The lowest BCUT2D eigenvalue weighted by Crippen LogP contribution is -2.46. The van der Waals surface area contributed by atoms with E-state index >= 15 is 0 Å². The van der Waals surface area contributed by atoms with Crippen LogP contribution in [0.1, 0.15) is 74.0 Å². The number of rotatable bonds is 5. The van der Waals surface area contributed by atoms with E-state index in [0.29, 0.717) is 40.9 Å². The van der Waals surface area contributed by atoms with Gasteiger partial charge in [-0.05, 0) is 85.3 Å². The van der Waals surface area contributed by atoms with Gasteiger partial charge in [-0.25, -0.2) is 14.2 Å². The molecule has 0 bridgehead atoms. The SMILES string of the molecule is Cc1cc2c(CN3CCC(NC(=O)OC(C)(C)C)CC3)c(Cn3ccc4c(c3=O)COC(=O)CC4O)c(Br)nc2cc1F. The molecule has 1 saturated heterocycles.